The molecule has 9 heteroatoms. The Kier molecular flexibility index (Phi) is 4.70. The highest BCUT2D eigenvalue weighted by atomic mass is 16.6. The number of nitro groups is 1. The van der Waals surface area contributed by atoms with E-state index in [-0.39, 0.29) is 30.1 Å². The largest absolute Gasteiger partial charge is 0.315 e. The van der Waals surface area contributed by atoms with Gasteiger partial charge < -0.3 is 4.90 Å². The highest BCUT2D eigenvalue weighted by molar-refractivity contribution is 5.92. The molecule has 3 rings (SSSR count). The van der Waals surface area contributed by atoms with Crippen molar-refractivity contribution in [1.82, 2.24) is 15.0 Å². The highest BCUT2D eigenvalue weighted by Crippen LogP contribution is 2.19. The number of anilines is 1. The molecule has 0 aliphatic heterocycles. The number of amides is 1. The van der Waals surface area contributed by atoms with Crippen molar-refractivity contribution >= 4 is 28.2 Å². The molecule has 0 aliphatic rings. The zero-order valence-electron chi connectivity index (χ0n) is 13.9. The number of hydrogen-bond acceptors (Lipinski definition) is 6. The summed E-state index contributed by atoms with van der Waals surface area (Å²) in [6.45, 7) is 0.0901. The summed E-state index contributed by atoms with van der Waals surface area (Å²) in [6, 6.07) is 12.5. The molecule has 0 N–H and O–H groups in total. The zero-order chi connectivity index (χ0) is 18.7. The van der Waals surface area contributed by atoms with Gasteiger partial charge >= 0.3 is 0 Å². The monoisotopic (exact) mass is 353 g/mol. The molecule has 2 aromatic carbocycles. The van der Waals surface area contributed by atoms with Crippen LogP contribution in [0.2, 0.25) is 0 Å². The van der Waals surface area contributed by atoms with E-state index >= 15 is 0 Å². The Morgan fingerprint density at radius 2 is 1.88 bits per heavy atom. The van der Waals surface area contributed by atoms with E-state index in [1.807, 2.05) is 0 Å². The second-order valence-corrected chi connectivity index (χ2v) is 5.61. The number of carbonyl (C=O) groups excluding carboxylic acids is 1. The third-order valence-corrected chi connectivity index (χ3v) is 3.99. The molecule has 0 spiro atoms. The maximum absolute atomic E-state index is 12.4. The second kappa shape index (κ2) is 7.09. The summed E-state index contributed by atoms with van der Waals surface area (Å²) in [7, 11) is 1.57. The lowest BCUT2D eigenvalue weighted by Gasteiger charge is -2.17. The van der Waals surface area contributed by atoms with E-state index in [2.05, 4.69) is 10.3 Å². The number of carbonyl (C=O) groups is 1. The van der Waals surface area contributed by atoms with Crippen molar-refractivity contribution in [1.29, 1.82) is 0 Å². The summed E-state index contributed by atoms with van der Waals surface area (Å²) >= 11 is 0. The molecule has 1 heterocycles. The number of hydrogen-bond donors (Lipinski definition) is 0. The van der Waals surface area contributed by atoms with E-state index in [0.717, 1.165) is 4.68 Å². The normalized spacial score (nSPS) is 10.7. The first-order chi connectivity index (χ1) is 12.5. The first kappa shape index (κ1) is 17.2. The van der Waals surface area contributed by atoms with Gasteiger partial charge in [0.2, 0.25) is 5.91 Å². The molecule has 0 radical (unpaired) electrons. The quantitative estimate of drug-likeness (QED) is 0.510. The number of benzene rings is 2. The number of nitrogens with zero attached hydrogens (tertiary/aromatic N) is 5. The molecule has 132 valence electrons. The van der Waals surface area contributed by atoms with Crippen LogP contribution in [0, 0.1) is 10.1 Å². The molecule has 26 heavy (non-hydrogen) atoms. The van der Waals surface area contributed by atoms with Gasteiger partial charge in [0.1, 0.15) is 5.52 Å². The van der Waals surface area contributed by atoms with E-state index < -0.39 is 4.92 Å². The Morgan fingerprint density at radius 1 is 1.19 bits per heavy atom. The molecule has 0 fully saturated rings. The van der Waals surface area contributed by atoms with E-state index in [4.69, 9.17) is 0 Å². The minimum atomic E-state index is -0.504. The number of non-ortho nitro benzene ring substituents is 1. The molecule has 0 bridgehead atoms. The van der Waals surface area contributed by atoms with Crippen molar-refractivity contribution in [2.75, 3.05) is 11.9 Å². The SMILES string of the molecule is CN(C(=O)CCn1nnc2ccccc2c1=O)c1ccc([N+](=O)[O-])cc1. The molecule has 0 unspecified atom stereocenters. The van der Waals surface area contributed by atoms with Gasteiger partial charge in [-0.25, -0.2) is 4.68 Å². The third-order valence-electron chi connectivity index (χ3n) is 3.99. The molecular weight excluding hydrogens is 338 g/mol. The maximum Gasteiger partial charge on any atom is 0.277 e. The van der Waals surface area contributed by atoms with Gasteiger partial charge in [-0.3, -0.25) is 19.7 Å². The van der Waals surface area contributed by atoms with Gasteiger partial charge in [-0.2, -0.15) is 0 Å². The van der Waals surface area contributed by atoms with Gasteiger partial charge in [0.15, 0.2) is 0 Å². The van der Waals surface area contributed by atoms with Crippen LogP contribution in [0.5, 0.6) is 0 Å². The Hall–Kier alpha value is -3.62. The molecule has 9 nitrogen and oxygen atoms in total. The average molecular weight is 353 g/mol. The minimum absolute atomic E-state index is 0.0421. The van der Waals surface area contributed by atoms with Crippen molar-refractivity contribution < 1.29 is 9.72 Å². The van der Waals surface area contributed by atoms with Crippen LogP contribution >= 0.6 is 0 Å². The van der Waals surface area contributed by atoms with E-state index in [9.17, 15) is 19.7 Å². The molecule has 1 amide bonds. The number of rotatable bonds is 5. The number of aromatic nitrogens is 3. The highest BCUT2D eigenvalue weighted by Gasteiger charge is 2.14. The Labute approximate surface area is 147 Å². The van der Waals surface area contributed by atoms with Crippen molar-refractivity contribution in [2.45, 2.75) is 13.0 Å². The average Bonchev–Trinajstić information content (AvgIpc) is 2.67. The van der Waals surface area contributed by atoms with Crippen LogP contribution < -0.4 is 10.5 Å². The fraction of sp³-hybridized carbons (Fsp3) is 0.176. The lowest BCUT2D eigenvalue weighted by Crippen LogP contribution is -2.30. The fourth-order valence-electron chi connectivity index (χ4n) is 2.48. The van der Waals surface area contributed by atoms with Crippen molar-refractivity contribution in [3.63, 3.8) is 0 Å². The van der Waals surface area contributed by atoms with Gasteiger partial charge in [-0.05, 0) is 24.3 Å². The number of aryl methyl sites for hydroxylation is 1. The first-order valence-electron chi connectivity index (χ1n) is 7.81. The number of fused-ring (bicyclic) bond motifs is 1. The molecule has 0 aliphatic carbocycles. The standard InChI is InChI=1S/C17H15N5O4/c1-20(12-6-8-13(9-7-12)22(25)26)16(23)10-11-21-17(24)14-4-2-3-5-15(14)18-19-21/h2-9H,10-11H2,1H3. The summed E-state index contributed by atoms with van der Waals surface area (Å²) in [5.74, 6) is -0.249. The van der Waals surface area contributed by atoms with E-state index in [1.165, 1.54) is 29.2 Å². The molecular formula is C17H15N5O4. The van der Waals surface area contributed by atoms with Crippen LogP contribution in [0.25, 0.3) is 10.9 Å². The van der Waals surface area contributed by atoms with Crippen LogP contribution in [0.1, 0.15) is 6.42 Å². The lowest BCUT2D eigenvalue weighted by molar-refractivity contribution is -0.384. The Balaban J connectivity index is 1.71. The zero-order valence-corrected chi connectivity index (χ0v) is 13.9. The van der Waals surface area contributed by atoms with E-state index in [1.54, 1.807) is 31.3 Å². The van der Waals surface area contributed by atoms with Crippen LogP contribution in [-0.4, -0.2) is 32.9 Å². The molecule has 0 saturated heterocycles. The molecule has 0 saturated carbocycles. The van der Waals surface area contributed by atoms with Gasteiger partial charge in [0, 0.05) is 31.3 Å². The molecule has 1 aromatic heterocycles. The Bertz CT molecular complexity index is 1030. The molecule has 3 aromatic rings. The van der Waals surface area contributed by atoms with Crippen LogP contribution in [0.3, 0.4) is 0 Å². The predicted octanol–water partition coefficient (Wildman–Crippen LogP) is 1.75. The fourth-order valence-corrected chi connectivity index (χ4v) is 2.48. The molecule has 0 atom stereocenters. The summed E-state index contributed by atoms with van der Waals surface area (Å²) in [5.41, 5.74) is 0.676. The maximum atomic E-state index is 12.4. The van der Waals surface area contributed by atoms with Crippen molar-refractivity contribution in [2.24, 2.45) is 0 Å². The summed E-state index contributed by atoms with van der Waals surface area (Å²) in [4.78, 5) is 36.2. The van der Waals surface area contributed by atoms with E-state index in [0.29, 0.717) is 16.6 Å². The first-order valence-corrected chi connectivity index (χ1v) is 7.81. The summed E-state index contributed by atoms with van der Waals surface area (Å²) < 4.78 is 1.16. The lowest BCUT2D eigenvalue weighted by atomic mass is 10.2. The topological polar surface area (TPSA) is 111 Å². The summed E-state index contributed by atoms with van der Waals surface area (Å²) in [6.07, 6.45) is 0.0421. The second-order valence-electron chi connectivity index (χ2n) is 5.61. The minimum Gasteiger partial charge on any atom is -0.315 e. The van der Waals surface area contributed by atoms with Gasteiger partial charge in [0.05, 0.1) is 16.9 Å². The van der Waals surface area contributed by atoms with Crippen molar-refractivity contribution in [3.8, 4) is 0 Å². The van der Waals surface area contributed by atoms with Crippen LogP contribution in [0.4, 0.5) is 11.4 Å². The smallest absolute Gasteiger partial charge is 0.277 e. The van der Waals surface area contributed by atoms with Gasteiger partial charge in [-0.15, -0.1) is 5.10 Å². The predicted molar refractivity (Wildman–Crippen MR) is 94.9 cm³/mol. The Morgan fingerprint density at radius 3 is 2.58 bits per heavy atom. The third kappa shape index (κ3) is 3.41. The van der Waals surface area contributed by atoms with Gasteiger partial charge in [0.25, 0.3) is 11.2 Å². The van der Waals surface area contributed by atoms with Crippen LogP contribution in [0.15, 0.2) is 53.3 Å². The van der Waals surface area contributed by atoms with Crippen LogP contribution in [-0.2, 0) is 11.3 Å². The number of nitro benzene ring substituents is 1. The van der Waals surface area contributed by atoms with Crippen molar-refractivity contribution in [3.05, 3.63) is 69.0 Å². The summed E-state index contributed by atoms with van der Waals surface area (Å²) in [5, 5.41) is 18.9. The van der Waals surface area contributed by atoms with Gasteiger partial charge in [-0.1, -0.05) is 17.3 Å².